The van der Waals surface area contributed by atoms with Gasteiger partial charge in [-0.15, -0.1) is 22.7 Å². The fraction of sp³-hybridized carbons (Fsp3) is 0.250. The molecule has 0 aliphatic heterocycles. The van der Waals surface area contributed by atoms with Crippen LogP contribution < -0.4 is 5.32 Å². The van der Waals surface area contributed by atoms with E-state index in [1.54, 1.807) is 11.3 Å². The Kier molecular flexibility index (Phi) is 3.73. The van der Waals surface area contributed by atoms with E-state index in [2.05, 4.69) is 30.4 Å². The summed E-state index contributed by atoms with van der Waals surface area (Å²) in [6.45, 7) is 3.86. The van der Waals surface area contributed by atoms with Gasteiger partial charge in [-0.1, -0.05) is 0 Å². The van der Waals surface area contributed by atoms with E-state index in [-0.39, 0.29) is 0 Å². The lowest BCUT2D eigenvalue weighted by molar-refractivity contribution is 0.709. The fourth-order valence-electron chi connectivity index (χ4n) is 1.42. The molecule has 16 heavy (non-hydrogen) atoms. The number of rotatable bonds is 4. The first-order chi connectivity index (χ1) is 7.78. The lowest BCUT2D eigenvalue weighted by atomic mass is 10.3. The summed E-state index contributed by atoms with van der Waals surface area (Å²) in [6.07, 6.45) is 0. The van der Waals surface area contributed by atoms with Gasteiger partial charge in [0, 0.05) is 33.1 Å². The topological polar surface area (TPSA) is 35.8 Å². The van der Waals surface area contributed by atoms with Gasteiger partial charge >= 0.3 is 0 Å². The quantitative estimate of drug-likeness (QED) is 0.901. The van der Waals surface area contributed by atoms with Gasteiger partial charge in [-0.3, -0.25) is 0 Å². The molecule has 0 atom stereocenters. The molecule has 0 unspecified atom stereocenters. The summed E-state index contributed by atoms with van der Waals surface area (Å²) >= 11 is 3.45. The van der Waals surface area contributed by atoms with E-state index in [0.717, 1.165) is 18.7 Å². The van der Waals surface area contributed by atoms with Gasteiger partial charge in [0.05, 0.1) is 5.56 Å². The second kappa shape index (κ2) is 5.26. The Labute approximate surface area is 103 Å². The molecule has 2 aromatic heterocycles. The second-order valence-corrected chi connectivity index (χ2v) is 5.90. The molecule has 2 aromatic rings. The highest BCUT2D eigenvalue weighted by atomic mass is 32.1. The third-order valence-corrected chi connectivity index (χ3v) is 4.11. The van der Waals surface area contributed by atoms with Crippen molar-refractivity contribution in [2.45, 2.75) is 20.0 Å². The first kappa shape index (κ1) is 11.3. The summed E-state index contributed by atoms with van der Waals surface area (Å²) in [5.41, 5.74) is 0.758. The van der Waals surface area contributed by atoms with Crippen molar-refractivity contribution < 1.29 is 0 Å². The van der Waals surface area contributed by atoms with Gasteiger partial charge in [-0.05, 0) is 25.1 Å². The Bertz CT molecular complexity index is 505. The van der Waals surface area contributed by atoms with Gasteiger partial charge < -0.3 is 5.32 Å². The average molecular weight is 248 g/mol. The van der Waals surface area contributed by atoms with Crippen molar-refractivity contribution in [1.82, 2.24) is 5.32 Å². The van der Waals surface area contributed by atoms with E-state index < -0.39 is 0 Å². The van der Waals surface area contributed by atoms with Crippen LogP contribution in [0.2, 0.25) is 0 Å². The molecule has 0 aliphatic carbocycles. The summed E-state index contributed by atoms with van der Waals surface area (Å²) in [4.78, 5) is 3.92. The van der Waals surface area contributed by atoms with Crippen LogP contribution in [0.15, 0.2) is 23.6 Å². The van der Waals surface area contributed by atoms with Crippen molar-refractivity contribution in [2.24, 2.45) is 0 Å². The zero-order valence-electron chi connectivity index (χ0n) is 8.99. The highest BCUT2D eigenvalue weighted by molar-refractivity contribution is 7.11. The van der Waals surface area contributed by atoms with Crippen LogP contribution in [0.1, 0.15) is 20.2 Å². The molecule has 0 saturated carbocycles. The highest BCUT2D eigenvalue weighted by Gasteiger charge is 2.00. The van der Waals surface area contributed by atoms with Crippen molar-refractivity contribution in [3.05, 3.63) is 43.8 Å². The van der Waals surface area contributed by atoms with E-state index >= 15 is 0 Å². The Balaban J connectivity index is 1.82. The monoisotopic (exact) mass is 248 g/mol. The maximum absolute atomic E-state index is 8.70. The minimum atomic E-state index is 0.758. The number of nitrogens with zero attached hydrogens (tertiary/aromatic N) is 1. The van der Waals surface area contributed by atoms with Crippen molar-refractivity contribution in [3.8, 4) is 6.07 Å². The van der Waals surface area contributed by atoms with E-state index in [1.165, 1.54) is 14.6 Å². The molecule has 0 spiro atoms. The average Bonchev–Trinajstić information content (AvgIpc) is 2.88. The SMILES string of the molecule is Cc1ccc(CNCc2cc(C#N)cs2)s1. The second-order valence-electron chi connectivity index (χ2n) is 3.53. The van der Waals surface area contributed by atoms with Crippen LogP contribution in [0.25, 0.3) is 0 Å². The third-order valence-electron chi connectivity index (χ3n) is 2.18. The molecule has 0 aliphatic rings. The molecule has 0 amide bonds. The van der Waals surface area contributed by atoms with Crippen molar-refractivity contribution >= 4 is 22.7 Å². The normalized spacial score (nSPS) is 10.2. The van der Waals surface area contributed by atoms with Gasteiger partial charge in [0.1, 0.15) is 6.07 Å². The largest absolute Gasteiger partial charge is 0.307 e. The van der Waals surface area contributed by atoms with E-state index in [4.69, 9.17) is 5.26 Å². The third kappa shape index (κ3) is 2.92. The first-order valence-electron chi connectivity index (χ1n) is 5.01. The van der Waals surface area contributed by atoms with Crippen molar-refractivity contribution in [3.63, 3.8) is 0 Å². The molecule has 0 aromatic carbocycles. The number of aryl methyl sites for hydroxylation is 1. The van der Waals surface area contributed by atoms with Crippen LogP contribution in [-0.4, -0.2) is 0 Å². The summed E-state index contributed by atoms with van der Waals surface area (Å²) in [5.74, 6) is 0. The van der Waals surface area contributed by atoms with Crippen LogP contribution in [0.5, 0.6) is 0 Å². The molecule has 0 radical (unpaired) electrons. The number of thiophene rings is 2. The Morgan fingerprint density at radius 3 is 2.75 bits per heavy atom. The number of hydrogen-bond acceptors (Lipinski definition) is 4. The van der Waals surface area contributed by atoms with Crippen LogP contribution in [0.4, 0.5) is 0 Å². The van der Waals surface area contributed by atoms with Crippen LogP contribution >= 0.6 is 22.7 Å². The number of nitriles is 1. The van der Waals surface area contributed by atoms with Gasteiger partial charge in [-0.25, -0.2) is 0 Å². The maximum Gasteiger partial charge on any atom is 0.100 e. The lowest BCUT2D eigenvalue weighted by Crippen LogP contribution is -2.10. The maximum atomic E-state index is 8.70. The number of hydrogen-bond donors (Lipinski definition) is 1. The van der Waals surface area contributed by atoms with Gasteiger partial charge in [0.15, 0.2) is 0 Å². The summed E-state index contributed by atoms with van der Waals surface area (Å²) in [7, 11) is 0. The standard InChI is InChI=1S/C12H12N2S2/c1-9-2-3-11(16-9)6-14-7-12-4-10(5-13)8-15-12/h2-4,8,14H,6-7H2,1H3. The number of nitrogens with one attached hydrogen (secondary N) is 1. The van der Waals surface area contributed by atoms with Gasteiger partial charge in [-0.2, -0.15) is 5.26 Å². The summed E-state index contributed by atoms with van der Waals surface area (Å²) in [6, 6.07) is 8.38. The lowest BCUT2D eigenvalue weighted by Gasteiger charge is -1.99. The molecule has 0 fully saturated rings. The van der Waals surface area contributed by atoms with Crippen molar-refractivity contribution in [2.75, 3.05) is 0 Å². The smallest absolute Gasteiger partial charge is 0.100 e. The van der Waals surface area contributed by atoms with Crippen LogP contribution in [-0.2, 0) is 13.1 Å². The molecule has 2 rings (SSSR count). The van der Waals surface area contributed by atoms with E-state index in [0.29, 0.717) is 0 Å². The molecule has 0 saturated heterocycles. The zero-order chi connectivity index (χ0) is 11.4. The van der Waals surface area contributed by atoms with E-state index in [1.807, 2.05) is 22.8 Å². The summed E-state index contributed by atoms with van der Waals surface area (Å²) in [5, 5.41) is 14.0. The van der Waals surface area contributed by atoms with Crippen molar-refractivity contribution in [1.29, 1.82) is 5.26 Å². The van der Waals surface area contributed by atoms with Gasteiger partial charge in [0.25, 0.3) is 0 Å². The highest BCUT2D eigenvalue weighted by Crippen LogP contribution is 2.16. The molecule has 2 heterocycles. The van der Waals surface area contributed by atoms with Gasteiger partial charge in [0.2, 0.25) is 0 Å². The Hall–Kier alpha value is -1.15. The predicted molar refractivity (Wildman–Crippen MR) is 68.6 cm³/mol. The minimum absolute atomic E-state index is 0.758. The first-order valence-corrected chi connectivity index (χ1v) is 6.71. The molecular weight excluding hydrogens is 236 g/mol. The Morgan fingerprint density at radius 2 is 2.12 bits per heavy atom. The molecule has 82 valence electrons. The summed E-state index contributed by atoms with van der Waals surface area (Å²) < 4.78 is 0. The fourth-order valence-corrected chi connectivity index (χ4v) is 3.06. The molecular formula is C12H12N2S2. The predicted octanol–water partition coefficient (Wildman–Crippen LogP) is 3.28. The zero-order valence-corrected chi connectivity index (χ0v) is 10.6. The molecule has 2 nitrogen and oxygen atoms in total. The molecule has 0 bridgehead atoms. The van der Waals surface area contributed by atoms with Crippen LogP contribution in [0, 0.1) is 18.3 Å². The molecule has 1 N–H and O–H groups in total. The van der Waals surface area contributed by atoms with E-state index in [9.17, 15) is 0 Å². The molecule has 4 heteroatoms. The van der Waals surface area contributed by atoms with Crippen LogP contribution in [0.3, 0.4) is 0 Å². The Morgan fingerprint density at radius 1 is 1.31 bits per heavy atom. The minimum Gasteiger partial charge on any atom is -0.307 e.